The molecule has 0 aliphatic carbocycles. The first kappa shape index (κ1) is 24.0. The average molecular weight is 461 g/mol. The first-order valence-corrected chi connectivity index (χ1v) is 12.1. The molecular formula is C23H32N4O4S. The van der Waals surface area contributed by atoms with Crippen LogP contribution in [0.25, 0.3) is 0 Å². The number of nitrogens with zero attached hydrogens (tertiary/aromatic N) is 3. The number of hydrogen-bond donors (Lipinski definition) is 1. The lowest BCUT2D eigenvalue weighted by Gasteiger charge is -2.28. The second-order valence-electron chi connectivity index (χ2n) is 7.41. The van der Waals surface area contributed by atoms with Gasteiger partial charge in [-0.25, -0.2) is 9.48 Å². The molecule has 2 aromatic rings. The van der Waals surface area contributed by atoms with E-state index in [2.05, 4.69) is 24.1 Å². The molecule has 0 amide bonds. The number of unbranched alkanes of at least 4 members (excludes halogenated alkanes) is 1. The van der Waals surface area contributed by atoms with Gasteiger partial charge in [-0.3, -0.25) is 0 Å². The molecule has 1 N–H and O–H groups in total. The molecule has 8 nitrogen and oxygen atoms in total. The monoisotopic (exact) mass is 460 g/mol. The Morgan fingerprint density at radius 1 is 1.22 bits per heavy atom. The number of aromatic nitrogens is 3. The molecule has 0 radical (unpaired) electrons. The van der Waals surface area contributed by atoms with Crippen molar-refractivity contribution < 1.29 is 19.0 Å². The molecule has 174 valence electrons. The number of nitrogens with one attached hydrogen (secondary N) is 1. The van der Waals surface area contributed by atoms with Crippen LogP contribution in [-0.2, 0) is 9.53 Å². The number of allylic oxidation sites excluding steroid dienone is 1. The largest absolute Gasteiger partial charge is 0.493 e. The number of thioether (sulfide) groups is 1. The van der Waals surface area contributed by atoms with Gasteiger partial charge in [0.25, 0.3) is 0 Å². The van der Waals surface area contributed by atoms with Crippen molar-refractivity contribution in [1.29, 1.82) is 0 Å². The number of esters is 1. The summed E-state index contributed by atoms with van der Waals surface area (Å²) in [6.07, 6.45) is 2.79. The van der Waals surface area contributed by atoms with E-state index in [0.717, 1.165) is 30.6 Å². The van der Waals surface area contributed by atoms with Gasteiger partial charge in [-0.2, -0.15) is 4.98 Å². The molecule has 0 bridgehead atoms. The number of fused-ring (bicyclic) bond motifs is 1. The van der Waals surface area contributed by atoms with Gasteiger partial charge in [0.1, 0.15) is 6.04 Å². The van der Waals surface area contributed by atoms with E-state index in [1.54, 1.807) is 23.6 Å². The molecule has 1 atom stereocenters. The lowest BCUT2D eigenvalue weighted by molar-refractivity contribution is -0.139. The van der Waals surface area contributed by atoms with E-state index < -0.39 is 6.04 Å². The number of carbonyl (C=O) groups excluding carboxylic acids is 1. The molecule has 1 unspecified atom stereocenters. The fourth-order valence-electron chi connectivity index (χ4n) is 3.48. The lowest BCUT2D eigenvalue weighted by Crippen LogP contribution is -2.30. The van der Waals surface area contributed by atoms with Crippen LogP contribution in [0.4, 0.5) is 5.95 Å². The summed E-state index contributed by atoms with van der Waals surface area (Å²) in [6.45, 7) is 8.85. The quantitative estimate of drug-likeness (QED) is 0.290. The maximum atomic E-state index is 13.1. The van der Waals surface area contributed by atoms with Crippen molar-refractivity contribution >= 4 is 23.7 Å². The lowest BCUT2D eigenvalue weighted by atomic mass is 9.95. The van der Waals surface area contributed by atoms with Crippen molar-refractivity contribution in [3.05, 3.63) is 35.0 Å². The fraction of sp³-hybridized carbons (Fsp3) is 0.522. The van der Waals surface area contributed by atoms with E-state index in [1.807, 2.05) is 32.0 Å². The molecule has 0 fully saturated rings. The summed E-state index contributed by atoms with van der Waals surface area (Å²) in [4.78, 5) is 17.8. The number of carbonyl (C=O) groups is 1. The van der Waals surface area contributed by atoms with Crippen molar-refractivity contribution in [3.8, 4) is 11.5 Å². The van der Waals surface area contributed by atoms with Crippen molar-refractivity contribution in [1.82, 2.24) is 14.8 Å². The smallest absolute Gasteiger partial charge is 0.338 e. The van der Waals surface area contributed by atoms with Crippen molar-refractivity contribution in [2.45, 2.75) is 58.2 Å². The molecule has 0 saturated heterocycles. The van der Waals surface area contributed by atoms with Gasteiger partial charge in [0.2, 0.25) is 11.1 Å². The Morgan fingerprint density at radius 2 is 2.03 bits per heavy atom. The molecule has 1 aromatic heterocycles. The maximum absolute atomic E-state index is 13.1. The van der Waals surface area contributed by atoms with E-state index in [4.69, 9.17) is 19.3 Å². The van der Waals surface area contributed by atoms with E-state index in [0.29, 0.717) is 47.1 Å². The summed E-state index contributed by atoms with van der Waals surface area (Å²) >= 11 is 1.59. The summed E-state index contributed by atoms with van der Waals surface area (Å²) in [5.41, 5.74) is 2.06. The van der Waals surface area contributed by atoms with Crippen LogP contribution < -0.4 is 14.8 Å². The zero-order valence-corrected chi connectivity index (χ0v) is 20.3. The minimum absolute atomic E-state index is 0.355. The SMILES string of the molecule is CCCCOC(=O)C1=C(C)Nc2nc(SCCC)nn2C1c1ccc(OC)c(OCC)c1. The predicted octanol–water partition coefficient (Wildman–Crippen LogP) is 4.82. The number of ether oxygens (including phenoxy) is 3. The molecule has 32 heavy (non-hydrogen) atoms. The molecule has 0 spiro atoms. The molecule has 2 heterocycles. The Kier molecular flexibility index (Phi) is 8.44. The zero-order valence-electron chi connectivity index (χ0n) is 19.4. The third-order valence-electron chi connectivity index (χ3n) is 5.02. The zero-order chi connectivity index (χ0) is 23.1. The molecule has 3 rings (SSSR count). The van der Waals surface area contributed by atoms with Crippen LogP contribution in [-0.4, -0.2) is 46.8 Å². The molecular weight excluding hydrogens is 428 g/mol. The van der Waals surface area contributed by atoms with Gasteiger partial charge in [0.05, 0.1) is 25.9 Å². The van der Waals surface area contributed by atoms with Gasteiger partial charge >= 0.3 is 5.97 Å². The Balaban J connectivity index is 2.07. The highest BCUT2D eigenvalue weighted by Gasteiger charge is 2.35. The van der Waals surface area contributed by atoms with Gasteiger partial charge < -0.3 is 19.5 Å². The average Bonchev–Trinajstić information content (AvgIpc) is 3.19. The molecule has 1 aromatic carbocycles. The first-order chi connectivity index (χ1) is 15.5. The number of anilines is 1. The van der Waals surface area contributed by atoms with Gasteiger partial charge in [0, 0.05) is 11.4 Å². The normalized spacial score (nSPS) is 15.2. The number of hydrogen-bond acceptors (Lipinski definition) is 8. The summed E-state index contributed by atoms with van der Waals surface area (Å²) in [6, 6.07) is 5.18. The van der Waals surface area contributed by atoms with E-state index >= 15 is 0 Å². The minimum atomic E-state index is -0.492. The Morgan fingerprint density at radius 3 is 2.72 bits per heavy atom. The standard InChI is InChI=1S/C23H32N4O4S/c1-6-9-12-31-21(28)19-15(4)24-22-25-23(32-13-7-2)26-27(22)20(19)16-10-11-17(29-5)18(14-16)30-8-3/h10-11,14,20H,6-9,12-13H2,1-5H3,(H,24,25,26). The van der Waals surface area contributed by atoms with Crippen molar-refractivity contribution in [2.24, 2.45) is 0 Å². The van der Waals surface area contributed by atoms with Gasteiger partial charge in [-0.05, 0) is 44.4 Å². The number of rotatable bonds is 11. The van der Waals surface area contributed by atoms with Crippen LogP contribution in [0.5, 0.6) is 11.5 Å². The highest BCUT2D eigenvalue weighted by molar-refractivity contribution is 7.99. The highest BCUT2D eigenvalue weighted by Crippen LogP contribution is 2.39. The summed E-state index contributed by atoms with van der Waals surface area (Å²) in [7, 11) is 1.61. The summed E-state index contributed by atoms with van der Waals surface area (Å²) in [5, 5.41) is 8.63. The van der Waals surface area contributed by atoms with Crippen molar-refractivity contribution in [3.63, 3.8) is 0 Å². The van der Waals surface area contributed by atoms with Gasteiger partial charge in [0.15, 0.2) is 11.5 Å². The van der Waals surface area contributed by atoms with E-state index in [1.165, 1.54) is 0 Å². The maximum Gasteiger partial charge on any atom is 0.338 e. The Hall–Kier alpha value is -2.68. The second kappa shape index (κ2) is 11.3. The molecule has 1 aliphatic heterocycles. The van der Waals surface area contributed by atoms with Crippen LogP contribution >= 0.6 is 11.8 Å². The second-order valence-corrected chi connectivity index (χ2v) is 8.47. The topological polar surface area (TPSA) is 87.5 Å². The minimum Gasteiger partial charge on any atom is -0.493 e. The third-order valence-corrected chi connectivity index (χ3v) is 6.07. The van der Waals surface area contributed by atoms with Gasteiger partial charge in [-0.15, -0.1) is 5.10 Å². The van der Waals surface area contributed by atoms with Gasteiger partial charge in [-0.1, -0.05) is 38.1 Å². The van der Waals surface area contributed by atoms with Crippen LogP contribution in [0, 0.1) is 0 Å². The highest BCUT2D eigenvalue weighted by atomic mass is 32.2. The molecule has 1 aliphatic rings. The number of benzene rings is 1. The molecule has 9 heteroatoms. The number of methoxy groups -OCH3 is 1. The third kappa shape index (κ3) is 5.20. The van der Waals surface area contributed by atoms with Crippen LogP contribution in [0.2, 0.25) is 0 Å². The first-order valence-electron chi connectivity index (χ1n) is 11.1. The Bertz CT molecular complexity index is 973. The van der Waals surface area contributed by atoms with E-state index in [-0.39, 0.29) is 5.97 Å². The predicted molar refractivity (Wildman–Crippen MR) is 126 cm³/mol. The van der Waals surface area contributed by atoms with Crippen LogP contribution in [0.3, 0.4) is 0 Å². The Labute approximate surface area is 193 Å². The summed E-state index contributed by atoms with van der Waals surface area (Å²) < 4.78 is 18.6. The molecule has 0 saturated carbocycles. The van der Waals surface area contributed by atoms with Crippen LogP contribution in [0.15, 0.2) is 34.6 Å². The van der Waals surface area contributed by atoms with E-state index in [9.17, 15) is 4.79 Å². The fourth-order valence-corrected chi connectivity index (χ4v) is 4.16. The summed E-state index contributed by atoms with van der Waals surface area (Å²) in [5.74, 6) is 2.42. The van der Waals surface area contributed by atoms with Crippen LogP contribution in [0.1, 0.15) is 58.6 Å². The van der Waals surface area contributed by atoms with Crippen molar-refractivity contribution in [2.75, 3.05) is 31.4 Å².